The SMILES string of the molecule is Cc1ccc(C2C(N)CCCN2C(C)C)cc1. The highest BCUT2D eigenvalue weighted by molar-refractivity contribution is 5.26. The van der Waals surface area contributed by atoms with Crippen molar-refractivity contribution in [3.8, 4) is 0 Å². The molecule has 1 fully saturated rings. The van der Waals surface area contributed by atoms with E-state index in [0.717, 1.165) is 6.42 Å². The predicted molar refractivity (Wildman–Crippen MR) is 73.0 cm³/mol. The van der Waals surface area contributed by atoms with Crippen LogP contribution >= 0.6 is 0 Å². The molecule has 1 saturated heterocycles. The highest BCUT2D eigenvalue weighted by Crippen LogP contribution is 2.31. The molecule has 2 N–H and O–H groups in total. The molecule has 0 saturated carbocycles. The van der Waals surface area contributed by atoms with Gasteiger partial charge in [-0.15, -0.1) is 0 Å². The standard InChI is InChI=1S/C15H24N2/c1-11(2)17-10-4-5-14(16)15(17)13-8-6-12(3)7-9-13/h6-9,11,14-15H,4-5,10,16H2,1-3H3. The summed E-state index contributed by atoms with van der Waals surface area (Å²) < 4.78 is 0. The lowest BCUT2D eigenvalue weighted by atomic mass is 9.89. The van der Waals surface area contributed by atoms with Crippen molar-refractivity contribution in [1.29, 1.82) is 0 Å². The second-order valence-electron chi connectivity index (χ2n) is 5.49. The third kappa shape index (κ3) is 2.70. The Bertz CT molecular complexity index is 356. The molecule has 17 heavy (non-hydrogen) atoms. The molecule has 1 aromatic rings. The summed E-state index contributed by atoms with van der Waals surface area (Å²) in [5.41, 5.74) is 9.02. The average Bonchev–Trinajstić information content (AvgIpc) is 2.30. The number of likely N-dealkylation sites (tertiary alicyclic amines) is 1. The molecular formula is C15H24N2. The van der Waals surface area contributed by atoms with Crippen LogP contribution in [0, 0.1) is 6.92 Å². The van der Waals surface area contributed by atoms with Crippen LogP contribution in [0.4, 0.5) is 0 Å². The molecule has 94 valence electrons. The largest absolute Gasteiger partial charge is 0.326 e. The van der Waals surface area contributed by atoms with Crippen molar-refractivity contribution < 1.29 is 0 Å². The fourth-order valence-corrected chi connectivity index (χ4v) is 2.83. The molecule has 1 heterocycles. The average molecular weight is 232 g/mol. The number of nitrogens with zero attached hydrogens (tertiary/aromatic N) is 1. The topological polar surface area (TPSA) is 29.3 Å². The quantitative estimate of drug-likeness (QED) is 0.849. The maximum absolute atomic E-state index is 6.34. The molecule has 1 aromatic carbocycles. The Morgan fingerprint density at radius 2 is 1.88 bits per heavy atom. The molecule has 2 unspecified atom stereocenters. The van der Waals surface area contributed by atoms with Gasteiger partial charge in [-0.1, -0.05) is 29.8 Å². The second-order valence-corrected chi connectivity index (χ2v) is 5.49. The van der Waals surface area contributed by atoms with Crippen molar-refractivity contribution in [1.82, 2.24) is 4.90 Å². The summed E-state index contributed by atoms with van der Waals surface area (Å²) in [5, 5.41) is 0. The van der Waals surface area contributed by atoms with Gasteiger partial charge < -0.3 is 5.73 Å². The zero-order valence-corrected chi connectivity index (χ0v) is 11.2. The first kappa shape index (κ1) is 12.6. The van der Waals surface area contributed by atoms with Gasteiger partial charge in [-0.05, 0) is 45.7 Å². The van der Waals surface area contributed by atoms with E-state index in [0.29, 0.717) is 12.1 Å². The van der Waals surface area contributed by atoms with Crippen molar-refractivity contribution >= 4 is 0 Å². The lowest BCUT2D eigenvalue weighted by molar-refractivity contribution is 0.0947. The van der Waals surface area contributed by atoms with Gasteiger partial charge in [-0.25, -0.2) is 0 Å². The van der Waals surface area contributed by atoms with Gasteiger partial charge in [0.05, 0.1) is 6.04 Å². The first-order chi connectivity index (χ1) is 8.09. The summed E-state index contributed by atoms with van der Waals surface area (Å²) in [6, 6.07) is 10.1. The second kappa shape index (κ2) is 5.19. The minimum atomic E-state index is 0.272. The van der Waals surface area contributed by atoms with E-state index in [9.17, 15) is 0 Å². The van der Waals surface area contributed by atoms with Crippen LogP contribution in [-0.2, 0) is 0 Å². The Morgan fingerprint density at radius 1 is 1.24 bits per heavy atom. The summed E-state index contributed by atoms with van der Waals surface area (Å²) in [4.78, 5) is 2.54. The molecule has 2 atom stereocenters. The van der Waals surface area contributed by atoms with E-state index in [1.165, 1.54) is 24.1 Å². The molecule has 0 aliphatic carbocycles. The smallest absolute Gasteiger partial charge is 0.0501 e. The summed E-state index contributed by atoms with van der Waals surface area (Å²) in [6.07, 6.45) is 2.36. The van der Waals surface area contributed by atoms with Crippen LogP contribution in [-0.4, -0.2) is 23.5 Å². The lowest BCUT2D eigenvalue weighted by Crippen LogP contribution is -2.48. The number of rotatable bonds is 2. The molecule has 0 amide bonds. The van der Waals surface area contributed by atoms with Crippen molar-refractivity contribution in [3.05, 3.63) is 35.4 Å². The van der Waals surface area contributed by atoms with Gasteiger partial charge in [0.1, 0.15) is 0 Å². The molecule has 2 rings (SSSR count). The van der Waals surface area contributed by atoms with E-state index in [1.807, 2.05) is 0 Å². The Kier molecular flexibility index (Phi) is 3.85. The Hall–Kier alpha value is -0.860. The van der Waals surface area contributed by atoms with Gasteiger partial charge in [0.25, 0.3) is 0 Å². The Balaban J connectivity index is 2.27. The number of hydrogen-bond acceptors (Lipinski definition) is 2. The minimum Gasteiger partial charge on any atom is -0.326 e. The molecule has 0 bridgehead atoms. The van der Waals surface area contributed by atoms with E-state index in [2.05, 4.69) is 49.9 Å². The van der Waals surface area contributed by atoms with Gasteiger partial charge in [0.15, 0.2) is 0 Å². The number of nitrogens with two attached hydrogens (primary N) is 1. The van der Waals surface area contributed by atoms with Crippen LogP contribution in [0.25, 0.3) is 0 Å². The fourth-order valence-electron chi connectivity index (χ4n) is 2.83. The molecule has 0 radical (unpaired) electrons. The van der Waals surface area contributed by atoms with E-state index < -0.39 is 0 Å². The van der Waals surface area contributed by atoms with Gasteiger partial charge in [0, 0.05) is 12.1 Å². The van der Waals surface area contributed by atoms with Crippen molar-refractivity contribution in [2.75, 3.05) is 6.54 Å². The van der Waals surface area contributed by atoms with Crippen LogP contribution in [0.1, 0.15) is 43.9 Å². The molecule has 0 aromatic heterocycles. The highest BCUT2D eigenvalue weighted by Gasteiger charge is 2.31. The maximum atomic E-state index is 6.34. The van der Waals surface area contributed by atoms with Crippen LogP contribution in [0.2, 0.25) is 0 Å². The third-order valence-electron chi connectivity index (χ3n) is 3.80. The summed E-state index contributed by atoms with van der Waals surface area (Å²) in [7, 11) is 0. The number of benzene rings is 1. The van der Waals surface area contributed by atoms with Crippen LogP contribution in [0.5, 0.6) is 0 Å². The summed E-state index contributed by atoms with van der Waals surface area (Å²) in [6.45, 7) is 7.83. The first-order valence-corrected chi connectivity index (χ1v) is 6.67. The number of piperidine rings is 1. The Morgan fingerprint density at radius 3 is 2.47 bits per heavy atom. The van der Waals surface area contributed by atoms with E-state index in [-0.39, 0.29) is 6.04 Å². The summed E-state index contributed by atoms with van der Waals surface area (Å²) >= 11 is 0. The fraction of sp³-hybridized carbons (Fsp3) is 0.600. The van der Waals surface area contributed by atoms with Gasteiger partial charge in [-0.2, -0.15) is 0 Å². The molecular weight excluding hydrogens is 208 g/mol. The molecule has 1 aliphatic rings. The normalized spacial score (nSPS) is 26.4. The number of aryl methyl sites for hydroxylation is 1. The van der Waals surface area contributed by atoms with Crippen molar-refractivity contribution in [2.45, 2.75) is 51.7 Å². The monoisotopic (exact) mass is 232 g/mol. The van der Waals surface area contributed by atoms with E-state index >= 15 is 0 Å². The van der Waals surface area contributed by atoms with Gasteiger partial charge in [0.2, 0.25) is 0 Å². The lowest BCUT2D eigenvalue weighted by Gasteiger charge is -2.42. The molecule has 2 nitrogen and oxygen atoms in total. The van der Waals surface area contributed by atoms with E-state index in [4.69, 9.17) is 5.73 Å². The van der Waals surface area contributed by atoms with Crippen LogP contribution in [0.3, 0.4) is 0 Å². The zero-order chi connectivity index (χ0) is 12.4. The number of hydrogen-bond donors (Lipinski definition) is 1. The molecule has 2 heteroatoms. The highest BCUT2D eigenvalue weighted by atomic mass is 15.2. The van der Waals surface area contributed by atoms with Crippen molar-refractivity contribution in [3.63, 3.8) is 0 Å². The summed E-state index contributed by atoms with van der Waals surface area (Å²) in [5.74, 6) is 0. The van der Waals surface area contributed by atoms with Crippen molar-refractivity contribution in [2.24, 2.45) is 5.73 Å². The molecule has 1 aliphatic heterocycles. The maximum Gasteiger partial charge on any atom is 0.0501 e. The first-order valence-electron chi connectivity index (χ1n) is 6.67. The van der Waals surface area contributed by atoms with Gasteiger partial charge >= 0.3 is 0 Å². The van der Waals surface area contributed by atoms with Crippen LogP contribution in [0.15, 0.2) is 24.3 Å². The van der Waals surface area contributed by atoms with Crippen LogP contribution < -0.4 is 5.73 Å². The molecule has 0 spiro atoms. The Labute approximate surface area is 105 Å². The van der Waals surface area contributed by atoms with E-state index in [1.54, 1.807) is 0 Å². The predicted octanol–water partition coefficient (Wildman–Crippen LogP) is 2.87. The third-order valence-corrected chi connectivity index (χ3v) is 3.80. The zero-order valence-electron chi connectivity index (χ0n) is 11.2. The minimum absolute atomic E-state index is 0.272. The van der Waals surface area contributed by atoms with Gasteiger partial charge in [-0.3, -0.25) is 4.90 Å².